The summed E-state index contributed by atoms with van der Waals surface area (Å²) in [6, 6.07) is 14.4. The number of likely N-dealkylation sites (N-methyl/N-ethyl adjacent to an activating group) is 1. The zero-order valence-electron chi connectivity index (χ0n) is 12.9. The van der Waals surface area contributed by atoms with Gasteiger partial charge < -0.3 is 10.0 Å². The van der Waals surface area contributed by atoms with E-state index < -0.39 is 0 Å². The molecule has 0 aliphatic rings. The van der Waals surface area contributed by atoms with Crippen molar-refractivity contribution in [2.75, 3.05) is 18.5 Å². The van der Waals surface area contributed by atoms with Gasteiger partial charge in [0.25, 0.3) is 0 Å². The van der Waals surface area contributed by atoms with Crippen LogP contribution in [0.4, 0.5) is 5.82 Å². The van der Waals surface area contributed by atoms with E-state index in [0.29, 0.717) is 0 Å². The van der Waals surface area contributed by atoms with Crippen LogP contribution in [0.3, 0.4) is 0 Å². The van der Waals surface area contributed by atoms with E-state index in [9.17, 15) is 5.11 Å². The van der Waals surface area contributed by atoms with Gasteiger partial charge in [-0.2, -0.15) is 0 Å². The van der Waals surface area contributed by atoms with Crippen LogP contribution in [-0.2, 0) is 19.4 Å². The summed E-state index contributed by atoms with van der Waals surface area (Å²) in [6.07, 6.45) is 3.01. The molecule has 0 atom stereocenters. The number of aryl methyl sites for hydroxylation is 1. The fourth-order valence-electron chi connectivity index (χ4n) is 2.36. The Morgan fingerprint density at radius 2 is 1.81 bits per heavy atom. The minimum absolute atomic E-state index is 0.0682. The van der Waals surface area contributed by atoms with Crippen LogP contribution in [0, 0.1) is 0 Å². The number of benzene rings is 1. The fourth-order valence-corrected chi connectivity index (χ4v) is 2.36. The molecule has 0 radical (unpaired) electrons. The van der Waals surface area contributed by atoms with Crippen molar-refractivity contribution in [1.82, 2.24) is 4.98 Å². The number of nitrogens with zero attached hydrogens (tertiary/aromatic N) is 2. The number of pyridine rings is 1. The highest BCUT2D eigenvalue weighted by Crippen LogP contribution is 2.16. The van der Waals surface area contributed by atoms with Gasteiger partial charge in [-0.25, -0.2) is 4.98 Å². The molecule has 2 rings (SSSR count). The van der Waals surface area contributed by atoms with E-state index in [1.807, 2.05) is 18.2 Å². The molecule has 1 N–H and O–H groups in total. The maximum absolute atomic E-state index is 9.40. The molecule has 0 amide bonds. The summed E-state index contributed by atoms with van der Waals surface area (Å²) < 4.78 is 0. The van der Waals surface area contributed by atoms with Crippen molar-refractivity contribution in [2.45, 2.75) is 32.8 Å². The Bertz CT molecular complexity index is 554. The van der Waals surface area contributed by atoms with E-state index in [-0.39, 0.29) is 6.61 Å². The fraction of sp³-hybridized carbons (Fsp3) is 0.389. The van der Waals surface area contributed by atoms with Gasteiger partial charge in [0.15, 0.2) is 0 Å². The molecule has 0 unspecified atom stereocenters. The average Bonchev–Trinajstić information content (AvgIpc) is 2.53. The summed E-state index contributed by atoms with van der Waals surface area (Å²) in [5.74, 6) is 0.945. The van der Waals surface area contributed by atoms with E-state index in [0.717, 1.165) is 42.9 Å². The number of aromatic nitrogens is 1. The first-order valence-electron chi connectivity index (χ1n) is 7.58. The topological polar surface area (TPSA) is 36.4 Å². The van der Waals surface area contributed by atoms with Crippen molar-refractivity contribution in [2.24, 2.45) is 0 Å². The van der Waals surface area contributed by atoms with Gasteiger partial charge in [0.2, 0.25) is 0 Å². The first-order chi connectivity index (χ1) is 10.2. The predicted octanol–water partition coefficient (Wildman–Crippen LogP) is 3.21. The molecule has 0 fully saturated rings. The Kier molecular flexibility index (Phi) is 5.76. The van der Waals surface area contributed by atoms with Gasteiger partial charge in [0.05, 0.1) is 6.61 Å². The normalized spacial score (nSPS) is 10.6. The summed E-state index contributed by atoms with van der Waals surface area (Å²) in [6.45, 7) is 3.13. The highest BCUT2D eigenvalue weighted by molar-refractivity contribution is 5.42. The van der Waals surface area contributed by atoms with Crippen LogP contribution in [0.5, 0.6) is 0 Å². The Hall–Kier alpha value is -1.87. The molecule has 1 aromatic heterocycles. The van der Waals surface area contributed by atoms with Gasteiger partial charge >= 0.3 is 0 Å². The molecule has 0 saturated carbocycles. The van der Waals surface area contributed by atoms with Crippen LogP contribution in [0.15, 0.2) is 42.5 Å². The van der Waals surface area contributed by atoms with E-state index in [1.54, 1.807) is 0 Å². The summed E-state index contributed by atoms with van der Waals surface area (Å²) in [5.41, 5.74) is 3.33. The van der Waals surface area contributed by atoms with Crippen molar-refractivity contribution in [3.8, 4) is 0 Å². The third kappa shape index (κ3) is 4.57. The molecule has 112 valence electrons. The molecule has 1 heterocycles. The largest absolute Gasteiger partial charge is 0.392 e. The molecule has 0 bridgehead atoms. The summed E-state index contributed by atoms with van der Waals surface area (Å²) in [5, 5.41) is 9.40. The Labute approximate surface area is 127 Å². The van der Waals surface area contributed by atoms with E-state index in [2.05, 4.69) is 43.1 Å². The van der Waals surface area contributed by atoms with Gasteiger partial charge in [0.1, 0.15) is 5.82 Å². The number of aliphatic hydroxyl groups excluding tert-OH is 1. The van der Waals surface area contributed by atoms with Crippen molar-refractivity contribution < 1.29 is 5.11 Å². The van der Waals surface area contributed by atoms with Crippen molar-refractivity contribution in [3.63, 3.8) is 0 Å². The van der Waals surface area contributed by atoms with Gasteiger partial charge in [0, 0.05) is 19.3 Å². The smallest absolute Gasteiger partial charge is 0.128 e. The molecular weight excluding hydrogens is 260 g/mol. The zero-order chi connectivity index (χ0) is 15.1. The molecule has 21 heavy (non-hydrogen) atoms. The standard InChI is InChI=1S/C18H24N2O/c1-3-7-17-12-16(14-21)13-18(19-17)20(2)11-10-15-8-5-4-6-9-15/h4-6,8-9,12-13,21H,3,7,10-11,14H2,1-2H3. The Morgan fingerprint density at radius 3 is 2.48 bits per heavy atom. The molecule has 1 aromatic carbocycles. The maximum Gasteiger partial charge on any atom is 0.128 e. The highest BCUT2D eigenvalue weighted by atomic mass is 16.3. The van der Waals surface area contributed by atoms with Crippen LogP contribution in [0.25, 0.3) is 0 Å². The molecule has 3 heteroatoms. The van der Waals surface area contributed by atoms with E-state index in [1.165, 1.54) is 5.56 Å². The van der Waals surface area contributed by atoms with Crippen LogP contribution in [-0.4, -0.2) is 23.7 Å². The van der Waals surface area contributed by atoms with Crippen molar-refractivity contribution >= 4 is 5.82 Å². The maximum atomic E-state index is 9.40. The third-order valence-corrected chi connectivity index (χ3v) is 3.58. The Morgan fingerprint density at radius 1 is 1.05 bits per heavy atom. The lowest BCUT2D eigenvalue weighted by molar-refractivity contribution is 0.281. The molecule has 3 nitrogen and oxygen atoms in total. The predicted molar refractivity (Wildman–Crippen MR) is 87.6 cm³/mol. The minimum Gasteiger partial charge on any atom is -0.392 e. The molecule has 0 aliphatic carbocycles. The monoisotopic (exact) mass is 284 g/mol. The van der Waals surface area contributed by atoms with Crippen LogP contribution in [0.1, 0.15) is 30.2 Å². The number of aliphatic hydroxyl groups is 1. The van der Waals surface area contributed by atoms with Gasteiger partial charge in [-0.1, -0.05) is 43.7 Å². The first kappa shape index (κ1) is 15.5. The van der Waals surface area contributed by atoms with Gasteiger partial charge in [-0.3, -0.25) is 0 Å². The van der Waals surface area contributed by atoms with E-state index >= 15 is 0 Å². The van der Waals surface area contributed by atoms with Crippen LogP contribution in [0.2, 0.25) is 0 Å². The number of hydrogen-bond acceptors (Lipinski definition) is 3. The zero-order valence-corrected chi connectivity index (χ0v) is 12.9. The minimum atomic E-state index is 0.0682. The molecule has 0 aliphatic heterocycles. The number of anilines is 1. The summed E-state index contributed by atoms with van der Waals surface area (Å²) >= 11 is 0. The second-order valence-electron chi connectivity index (χ2n) is 5.39. The molecule has 0 spiro atoms. The van der Waals surface area contributed by atoms with E-state index in [4.69, 9.17) is 4.98 Å². The molecule has 2 aromatic rings. The average molecular weight is 284 g/mol. The van der Waals surface area contributed by atoms with Gasteiger partial charge in [-0.05, 0) is 36.1 Å². The van der Waals surface area contributed by atoms with Crippen molar-refractivity contribution in [3.05, 3.63) is 59.3 Å². The SMILES string of the molecule is CCCc1cc(CO)cc(N(C)CCc2ccccc2)n1. The first-order valence-corrected chi connectivity index (χ1v) is 7.58. The van der Waals surface area contributed by atoms with Crippen LogP contribution < -0.4 is 4.90 Å². The van der Waals surface area contributed by atoms with Gasteiger partial charge in [-0.15, -0.1) is 0 Å². The summed E-state index contributed by atoms with van der Waals surface area (Å²) in [7, 11) is 2.06. The molecule has 0 saturated heterocycles. The second-order valence-corrected chi connectivity index (χ2v) is 5.39. The second kappa shape index (κ2) is 7.79. The third-order valence-electron chi connectivity index (χ3n) is 3.58. The molecular formula is C18H24N2O. The van der Waals surface area contributed by atoms with Crippen molar-refractivity contribution in [1.29, 1.82) is 0 Å². The lowest BCUT2D eigenvalue weighted by Gasteiger charge is -2.20. The quantitative estimate of drug-likeness (QED) is 0.848. The van der Waals surface area contributed by atoms with Crippen LogP contribution >= 0.6 is 0 Å². The number of rotatable bonds is 7. The lowest BCUT2D eigenvalue weighted by Crippen LogP contribution is -2.22. The number of hydrogen-bond donors (Lipinski definition) is 1. The summed E-state index contributed by atoms with van der Waals surface area (Å²) in [4.78, 5) is 6.86. The highest BCUT2D eigenvalue weighted by Gasteiger charge is 2.07. The Balaban J connectivity index is 2.07. The lowest BCUT2D eigenvalue weighted by atomic mass is 10.1.